The summed E-state index contributed by atoms with van der Waals surface area (Å²) in [4.78, 5) is 0. The van der Waals surface area contributed by atoms with Crippen molar-refractivity contribution >= 4 is 0 Å². The van der Waals surface area contributed by atoms with Gasteiger partial charge in [0.05, 0.1) is 28.4 Å². The first-order chi connectivity index (χ1) is 11.6. The third kappa shape index (κ3) is 4.34. The molecule has 5 nitrogen and oxygen atoms in total. The zero-order chi connectivity index (χ0) is 17.5. The molecule has 0 aliphatic carbocycles. The molecule has 1 atom stereocenters. The summed E-state index contributed by atoms with van der Waals surface area (Å²) in [5, 5.41) is 10.3. The fourth-order valence-corrected chi connectivity index (χ4v) is 2.10. The van der Waals surface area contributed by atoms with Gasteiger partial charge in [0.15, 0.2) is 0 Å². The molecular formula is C19H20O5. The number of ether oxygens (including phenoxy) is 4. The second-order valence-corrected chi connectivity index (χ2v) is 4.92. The van der Waals surface area contributed by atoms with E-state index < -0.39 is 6.10 Å². The molecule has 2 aromatic rings. The van der Waals surface area contributed by atoms with Crippen molar-refractivity contribution < 1.29 is 24.1 Å². The van der Waals surface area contributed by atoms with Crippen LogP contribution in [0.3, 0.4) is 0 Å². The summed E-state index contributed by atoms with van der Waals surface area (Å²) in [6.45, 7) is 0. The van der Waals surface area contributed by atoms with E-state index in [-0.39, 0.29) is 0 Å². The number of aliphatic hydroxyl groups is 1. The quantitative estimate of drug-likeness (QED) is 0.855. The van der Waals surface area contributed by atoms with Crippen LogP contribution >= 0.6 is 0 Å². The Kier molecular flexibility index (Phi) is 5.94. The lowest BCUT2D eigenvalue weighted by Gasteiger charge is -2.10. The minimum absolute atomic E-state index is 0.591. The number of methoxy groups -OCH3 is 4. The maximum Gasteiger partial charge on any atom is 0.140 e. The third-order valence-corrected chi connectivity index (χ3v) is 3.39. The number of hydrogen-bond acceptors (Lipinski definition) is 5. The highest BCUT2D eigenvalue weighted by molar-refractivity contribution is 5.47. The first-order valence-electron chi connectivity index (χ1n) is 7.25. The molecule has 0 spiro atoms. The molecule has 0 radical (unpaired) electrons. The summed E-state index contributed by atoms with van der Waals surface area (Å²) in [7, 11) is 6.25. The van der Waals surface area contributed by atoms with Gasteiger partial charge in [-0.25, -0.2) is 0 Å². The Hall–Kier alpha value is -2.84. The highest BCUT2D eigenvalue weighted by atomic mass is 16.5. The van der Waals surface area contributed by atoms with E-state index in [2.05, 4.69) is 11.8 Å². The Morgan fingerprint density at radius 2 is 1.12 bits per heavy atom. The topological polar surface area (TPSA) is 57.2 Å². The highest BCUT2D eigenvalue weighted by Crippen LogP contribution is 2.26. The van der Waals surface area contributed by atoms with E-state index in [1.165, 1.54) is 0 Å². The number of hydrogen-bond donors (Lipinski definition) is 1. The molecule has 0 heterocycles. The highest BCUT2D eigenvalue weighted by Gasteiger charge is 2.09. The predicted molar refractivity (Wildman–Crippen MR) is 90.9 cm³/mol. The monoisotopic (exact) mass is 328 g/mol. The van der Waals surface area contributed by atoms with Crippen molar-refractivity contribution in [3.63, 3.8) is 0 Å². The van der Waals surface area contributed by atoms with E-state index >= 15 is 0 Å². The van der Waals surface area contributed by atoms with Gasteiger partial charge in [0.2, 0.25) is 0 Å². The van der Waals surface area contributed by atoms with E-state index in [4.69, 9.17) is 18.9 Å². The van der Waals surface area contributed by atoms with Crippen molar-refractivity contribution in [3.8, 4) is 34.8 Å². The Balaban J connectivity index is 2.30. The molecular weight excluding hydrogens is 308 g/mol. The van der Waals surface area contributed by atoms with Crippen molar-refractivity contribution in [3.05, 3.63) is 47.5 Å². The van der Waals surface area contributed by atoms with Gasteiger partial charge in [-0.1, -0.05) is 11.8 Å². The van der Waals surface area contributed by atoms with Gasteiger partial charge in [-0.05, 0) is 29.8 Å². The lowest BCUT2D eigenvalue weighted by molar-refractivity contribution is 0.237. The molecule has 0 saturated heterocycles. The minimum Gasteiger partial charge on any atom is -0.497 e. The maximum absolute atomic E-state index is 10.3. The summed E-state index contributed by atoms with van der Waals surface area (Å²) < 4.78 is 20.8. The van der Waals surface area contributed by atoms with Gasteiger partial charge >= 0.3 is 0 Å². The maximum atomic E-state index is 10.3. The SMILES string of the molecule is COc1cc(C#CC(O)c2cc(OC)cc(OC)c2)cc(OC)c1. The van der Waals surface area contributed by atoms with Gasteiger partial charge in [0, 0.05) is 17.7 Å². The molecule has 0 amide bonds. The first kappa shape index (κ1) is 17.5. The van der Waals surface area contributed by atoms with Gasteiger partial charge in [-0.15, -0.1) is 0 Å². The molecule has 0 aliphatic heterocycles. The van der Waals surface area contributed by atoms with Crippen LogP contribution in [0.1, 0.15) is 17.2 Å². The molecule has 0 aromatic heterocycles. The van der Waals surface area contributed by atoms with Crippen LogP contribution in [0.5, 0.6) is 23.0 Å². The molecule has 2 aromatic carbocycles. The van der Waals surface area contributed by atoms with Crippen molar-refractivity contribution in [1.82, 2.24) is 0 Å². The van der Waals surface area contributed by atoms with E-state index in [0.717, 1.165) is 0 Å². The molecule has 0 fully saturated rings. The van der Waals surface area contributed by atoms with E-state index in [1.54, 1.807) is 64.8 Å². The van der Waals surface area contributed by atoms with Crippen molar-refractivity contribution in [2.45, 2.75) is 6.10 Å². The lowest BCUT2D eigenvalue weighted by Crippen LogP contribution is -1.97. The molecule has 1 N–H and O–H groups in total. The standard InChI is InChI=1S/C19H20O5/c1-21-15-7-13(8-16(11-15)22-2)5-6-19(20)14-9-17(23-3)12-18(10-14)24-4/h7-12,19-20H,1-4H3. The smallest absolute Gasteiger partial charge is 0.140 e. The molecule has 0 saturated carbocycles. The van der Waals surface area contributed by atoms with Crippen LogP contribution in [0.25, 0.3) is 0 Å². The van der Waals surface area contributed by atoms with E-state index in [9.17, 15) is 5.11 Å². The third-order valence-electron chi connectivity index (χ3n) is 3.39. The van der Waals surface area contributed by atoms with Gasteiger partial charge in [0.25, 0.3) is 0 Å². The van der Waals surface area contributed by atoms with Crippen LogP contribution in [0.2, 0.25) is 0 Å². The van der Waals surface area contributed by atoms with Crippen molar-refractivity contribution in [2.24, 2.45) is 0 Å². The van der Waals surface area contributed by atoms with Gasteiger partial charge < -0.3 is 24.1 Å². The van der Waals surface area contributed by atoms with Crippen LogP contribution in [0.4, 0.5) is 0 Å². The van der Waals surface area contributed by atoms with Crippen molar-refractivity contribution in [1.29, 1.82) is 0 Å². The molecule has 2 rings (SSSR count). The van der Waals surface area contributed by atoms with Gasteiger partial charge in [0.1, 0.15) is 29.1 Å². The predicted octanol–water partition coefficient (Wildman–Crippen LogP) is 2.81. The second-order valence-electron chi connectivity index (χ2n) is 4.92. The van der Waals surface area contributed by atoms with Gasteiger partial charge in [-0.3, -0.25) is 0 Å². The largest absolute Gasteiger partial charge is 0.497 e. The zero-order valence-electron chi connectivity index (χ0n) is 14.1. The molecule has 0 bridgehead atoms. The molecule has 5 heteroatoms. The van der Waals surface area contributed by atoms with Crippen LogP contribution in [0, 0.1) is 11.8 Å². The molecule has 0 aliphatic rings. The summed E-state index contributed by atoms with van der Waals surface area (Å²) in [6.07, 6.45) is -0.980. The normalized spacial score (nSPS) is 11.0. The Morgan fingerprint density at radius 1 is 0.708 bits per heavy atom. The van der Waals surface area contributed by atoms with E-state index in [0.29, 0.717) is 34.1 Å². The molecule has 24 heavy (non-hydrogen) atoms. The van der Waals surface area contributed by atoms with Crippen LogP contribution < -0.4 is 18.9 Å². The van der Waals surface area contributed by atoms with Crippen molar-refractivity contribution in [2.75, 3.05) is 28.4 Å². The summed E-state index contributed by atoms with van der Waals surface area (Å²) in [5.41, 5.74) is 1.27. The Labute approximate surface area is 141 Å². The van der Waals surface area contributed by atoms with Crippen LogP contribution in [-0.4, -0.2) is 33.5 Å². The van der Waals surface area contributed by atoms with Crippen LogP contribution in [-0.2, 0) is 0 Å². The van der Waals surface area contributed by atoms with E-state index in [1.807, 2.05) is 0 Å². The molecule has 126 valence electrons. The Morgan fingerprint density at radius 3 is 1.54 bits per heavy atom. The Bertz CT molecular complexity index is 714. The average Bonchev–Trinajstić information content (AvgIpc) is 2.64. The van der Waals surface area contributed by atoms with Crippen LogP contribution in [0.15, 0.2) is 36.4 Å². The summed E-state index contributed by atoms with van der Waals surface area (Å²) in [5.74, 6) is 8.18. The minimum atomic E-state index is -0.980. The lowest BCUT2D eigenvalue weighted by atomic mass is 10.1. The summed E-state index contributed by atoms with van der Waals surface area (Å²) >= 11 is 0. The first-order valence-corrected chi connectivity index (χ1v) is 7.25. The molecule has 1 unspecified atom stereocenters. The number of aliphatic hydroxyl groups excluding tert-OH is 1. The summed E-state index contributed by atoms with van der Waals surface area (Å²) in [6, 6.07) is 10.5. The fraction of sp³-hybridized carbons (Fsp3) is 0.263. The average molecular weight is 328 g/mol. The fourth-order valence-electron chi connectivity index (χ4n) is 2.10. The zero-order valence-corrected chi connectivity index (χ0v) is 14.1. The second kappa shape index (κ2) is 8.14. The number of benzene rings is 2. The van der Waals surface area contributed by atoms with Gasteiger partial charge in [-0.2, -0.15) is 0 Å². The number of rotatable bonds is 5.